The Hall–Kier alpha value is -4.35. The van der Waals surface area contributed by atoms with Gasteiger partial charge in [-0.25, -0.2) is 9.97 Å². The Labute approximate surface area is 220 Å². The SMILES string of the molecule is CN(C(=O)c1ccccc1)c1ccc2c(c1)nc(NC(=O)c1csc(-c3cccs3)n1)n2CCC(N)=O. The highest BCUT2D eigenvalue weighted by molar-refractivity contribution is 7.20. The summed E-state index contributed by atoms with van der Waals surface area (Å²) in [7, 11) is 1.69. The highest BCUT2D eigenvalue weighted by atomic mass is 32.1. The summed E-state index contributed by atoms with van der Waals surface area (Å²) in [5.74, 6) is -0.775. The number of carbonyl (C=O) groups is 3. The summed E-state index contributed by atoms with van der Waals surface area (Å²) in [5, 5.41) is 7.24. The predicted octanol–water partition coefficient (Wildman–Crippen LogP) is 4.63. The van der Waals surface area contributed by atoms with Crippen molar-refractivity contribution < 1.29 is 14.4 Å². The van der Waals surface area contributed by atoms with E-state index in [1.54, 1.807) is 58.7 Å². The lowest BCUT2D eigenvalue weighted by atomic mass is 10.2. The molecule has 3 heterocycles. The van der Waals surface area contributed by atoms with E-state index in [1.807, 2.05) is 35.7 Å². The molecule has 0 bridgehead atoms. The number of aryl methyl sites for hydroxylation is 1. The third-order valence-electron chi connectivity index (χ3n) is 5.72. The van der Waals surface area contributed by atoms with Crippen LogP contribution in [0.2, 0.25) is 0 Å². The van der Waals surface area contributed by atoms with Crippen LogP contribution in [0, 0.1) is 0 Å². The molecule has 9 nitrogen and oxygen atoms in total. The standard InChI is InChI=1S/C26H22N6O3S2/c1-31(25(35)16-6-3-2-4-7-16)17-9-10-20-18(14-17)29-26(32(20)12-11-22(27)33)30-23(34)19-15-37-24(28-19)21-8-5-13-36-21/h2-10,13-15H,11-12H2,1H3,(H2,27,33)(H,29,30,34). The first kappa shape index (κ1) is 24.3. The van der Waals surface area contributed by atoms with Gasteiger partial charge in [0.1, 0.15) is 10.7 Å². The molecule has 3 amide bonds. The number of amides is 3. The summed E-state index contributed by atoms with van der Waals surface area (Å²) in [5.41, 5.74) is 8.11. The maximum absolute atomic E-state index is 13.0. The number of benzene rings is 2. The number of thiophene rings is 1. The fourth-order valence-electron chi connectivity index (χ4n) is 3.82. The van der Waals surface area contributed by atoms with Crippen molar-refractivity contribution in [3.8, 4) is 9.88 Å². The van der Waals surface area contributed by atoms with Gasteiger partial charge >= 0.3 is 0 Å². The Bertz CT molecular complexity index is 1590. The van der Waals surface area contributed by atoms with Crippen molar-refractivity contribution in [3.05, 3.63) is 82.7 Å². The molecule has 3 aromatic heterocycles. The molecule has 0 aliphatic carbocycles. The lowest BCUT2D eigenvalue weighted by Gasteiger charge is -2.17. The molecule has 0 unspecified atom stereocenters. The summed E-state index contributed by atoms with van der Waals surface area (Å²) in [6, 6.07) is 18.2. The average Bonchev–Trinajstić information content (AvgIpc) is 3.66. The molecule has 0 aliphatic heterocycles. The van der Waals surface area contributed by atoms with Gasteiger partial charge in [-0.15, -0.1) is 22.7 Å². The zero-order chi connectivity index (χ0) is 25.9. The molecule has 0 radical (unpaired) electrons. The zero-order valence-electron chi connectivity index (χ0n) is 19.7. The van der Waals surface area contributed by atoms with E-state index >= 15 is 0 Å². The molecule has 37 heavy (non-hydrogen) atoms. The van der Waals surface area contributed by atoms with E-state index in [4.69, 9.17) is 5.73 Å². The molecule has 5 aromatic rings. The van der Waals surface area contributed by atoms with Crippen LogP contribution in [0.1, 0.15) is 27.3 Å². The number of anilines is 2. The second-order valence-corrected chi connectivity index (χ2v) is 9.98. The maximum atomic E-state index is 13.0. The fraction of sp³-hybridized carbons (Fsp3) is 0.115. The second-order valence-electron chi connectivity index (χ2n) is 8.18. The number of rotatable bonds is 8. The number of carbonyl (C=O) groups excluding carboxylic acids is 3. The van der Waals surface area contributed by atoms with Crippen LogP contribution in [0.15, 0.2) is 71.4 Å². The minimum Gasteiger partial charge on any atom is -0.370 e. The summed E-state index contributed by atoms with van der Waals surface area (Å²) in [6.07, 6.45) is 0.0711. The van der Waals surface area contributed by atoms with Crippen LogP contribution in [0.5, 0.6) is 0 Å². The molecule has 186 valence electrons. The van der Waals surface area contributed by atoms with E-state index in [9.17, 15) is 14.4 Å². The van der Waals surface area contributed by atoms with Gasteiger partial charge < -0.3 is 15.2 Å². The number of primary amides is 1. The van der Waals surface area contributed by atoms with Crippen LogP contribution in [0.3, 0.4) is 0 Å². The number of aromatic nitrogens is 3. The Balaban J connectivity index is 1.45. The Morgan fingerprint density at radius 3 is 2.57 bits per heavy atom. The first-order chi connectivity index (χ1) is 17.9. The lowest BCUT2D eigenvalue weighted by Crippen LogP contribution is -2.26. The number of hydrogen-bond donors (Lipinski definition) is 2. The molecule has 0 fully saturated rings. The van der Waals surface area contributed by atoms with Crippen LogP contribution in [0.4, 0.5) is 11.6 Å². The van der Waals surface area contributed by atoms with Crippen molar-refractivity contribution in [2.24, 2.45) is 5.73 Å². The molecule has 11 heteroatoms. The summed E-state index contributed by atoms with van der Waals surface area (Å²) in [4.78, 5) is 49.0. The van der Waals surface area contributed by atoms with Crippen molar-refractivity contribution in [2.45, 2.75) is 13.0 Å². The third kappa shape index (κ3) is 5.13. The molecule has 0 atom stereocenters. The highest BCUT2D eigenvalue weighted by Gasteiger charge is 2.20. The second kappa shape index (κ2) is 10.3. The highest BCUT2D eigenvalue weighted by Crippen LogP contribution is 2.29. The van der Waals surface area contributed by atoms with Crippen LogP contribution in [-0.4, -0.2) is 39.3 Å². The number of nitrogens with two attached hydrogens (primary N) is 1. The molecule has 0 saturated heterocycles. The van der Waals surface area contributed by atoms with Crippen molar-refractivity contribution in [1.29, 1.82) is 0 Å². The van der Waals surface area contributed by atoms with E-state index in [2.05, 4.69) is 15.3 Å². The van der Waals surface area contributed by atoms with Gasteiger partial charge in [-0.1, -0.05) is 24.3 Å². The first-order valence-corrected chi connectivity index (χ1v) is 13.1. The van der Waals surface area contributed by atoms with Crippen LogP contribution < -0.4 is 16.0 Å². The molecule has 0 aliphatic rings. The summed E-state index contributed by atoms with van der Waals surface area (Å²) in [6.45, 7) is 0.233. The minimum absolute atomic E-state index is 0.0711. The van der Waals surface area contributed by atoms with Gasteiger partial charge in [0.15, 0.2) is 0 Å². The molecular formula is C26H22N6O3S2. The maximum Gasteiger partial charge on any atom is 0.277 e. The van der Waals surface area contributed by atoms with E-state index < -0.39 is 11.8 Å². The minimum atomic E-state index is -0.468. The summed E-state index contributed by atoms with van der Waals surface area (Å²) >= 11 is 2.94. The van der Waals surface area contributed by atoms with Crippen LogP contribution in [0.25, 0.3) is 20.9 Å². The molecule has 0 spiro atoms. The fourth-order valence-corrected chi connectivity index (χ4v) is 5.43. The van der Waals surface area contributed by atoms with E-state index in [1.165, 1.54) is 16.2 Å². The Kier molecular flexibility index (Phi) is 6.80. The Morgan fingerprint density at radius 1 is 1.03 bits per heavy atom. The van der Waals surface area contributed by atoms with Crippen molar-refractivity contribution >= 4 is 63.1 Å². The number of imidazole rings is 1. The lowest BCUT2D eigenvalue weighted by molar-refractivity contribution is -0.118. The van der Waals surface area contributed by atoms with Gasteiger partial charge in [0, 0.05) is 36.6 Å². The normalized spacial score (nSPS) is 10.9. The number of nitrogens with one attached hydrogen (secondary N) is 1. The third-order valence-corrected chi connectivity index (χ3v) is 7.60. The number of hydrogen-bond acceptors (Lipinski definition) is 7. The number of fused-ring (bicyclic) bond motifs is 1. The monoisotopic (exact) mass is 530 g/mol. The predicted molar refractivity (Wildman–Crippen MR) is 146 cm³/mol. The van der Waals surface area contributed by atoms with Gasteiger partial charge in [-0.05, 0) is 41.8 Å². The van der Waals surface area contributed by atoms with Crippen molar-refractivity contribution in [3.63, 3.8) is 0 Å². The summed E-state index contributed by atoms with van der Waals surface area (Å²) < 4.78 is 1.73. The molecule has 5 rings (SSSR count). The Morgan fingerprint density at radius 2 is 1.84 bits per heavy atom. The van der Waals surface area contributed by atoms with Gasteiger partial charge in [0.05, 0.1) is 15.9 Å². The molecule has 0 saturated carbocycles. The average molecular weight is 531 g/mol. The van der Waals surface area contributed by atoms with Crippen LogP contribution >= 0.6 is 22.7 Å². The number of thiazole rings is 1. The largest absolute Gasteiger partial charge is 0.370 e. The van der Waals surface area contributed by atoms with Gasteiger partial charge in [-0.2, -0.15) is 0 Å². The zero-order valence-corrected chi connectivity index (χ0v) is 21.4. The quantitative estimate of drug-likeness (QED) is 0.303. The van der Waals surface area contributed by atoms with E-state index in [0.29, 0.717) is 22.3 Å². The topological polar surface area (TPSA) is 123 Å². The first-order valence-electron chi connectivity index (χ1n) is 11.3. The molecule has 3 N–H and O–H groups in total. The van der Waals surface area contributed by atoms with Gasteiger partial charge in [0.2, 0.25) is 11.9 Å². The van der Waals surface area contributed by atoms with Gasteiger partial charge in [-0.3, -0.25) is 19.7 Å². The van der Waals surface area contributed by atoms with Crippen molar-refractivity contribution in [2.75, 3.05) is 17.3 Å². The van der Waals surface area contributed by atoms with Crippen LogP contribution in [-0.2, 0) is 11.3 Å². The van der Waals surface area contributed by atoms with E-state index in [-0.39, 0.29) is 30.5 Å². The van der Waals surface area contributed by atoms with Gasteiger partial charge in [0.25, 0.3) is 11.8 Å². The molecular weight excluding hydrogens is 508 g/mol. The smallest absolute Gasteiger partial charge is 0.277 e. The van der Waals surface area contributed by atoms with Crippen molar-refractivity contribution in [1.82, 2.24) is 14.5 Å². The molecule has 2 aromatic carbocycles. The van der Waals surface area contributed by atoms with E-state index in [0.717, 1.165) is 9.88 Å². The number of nitrogens with zero attached hydrogens (tertiary/aromatic N) is 4.